The number of rotatable bonds is 16. The highest BCUT2D eigenvalue weighted by atomic mass is 32.2. The zero-order valence-electron chi connectivity index (χ0n) is 35.5. The van der Waals surface area contributed by atoms with Crippen molar-refractivity contribution < 1.29 is 35.4 Å². The first-order chi connectivity index (χ1) is 31.1. The van der Waals surface area contributed by atoms with Gasteiger partial charge in [0.15, 0.2) is 0 Å². The maximum atomic E-state index is 12.9. The molecular weight excluding hydrogens is 877 g/mol. The lowest BCUT2D eigenvalue weighted by Gasteiger charge is -2.27. The molecule has 2 saturated heterocycles. The molecular formula is C43H48N12O8S2. The molecule has 0 bridgehead atoms. The van der Waals surface area contributed by atoms with Crippen LogP contribution in [0.5, 0.6) is 0 Å². The van der Waals surface area contributed by atoms with Crippen LogP contribution in [-0.4, -0.2) is 108 Å². The number of hydrogen-bond acceptors (Lipinski definition) is 18. The van der Waals surface area contributed by atoms with E-state index in [1.165, 1.54) is 12.1 Å². The van der Waals surface area contributed by atoms with Gasteiger partial charge in [-0.1, -0.05) is 62.4 Å². The third kappa shape index (κ3) is 12.0. The Kier molecular flexibility index (Phi) is 13.3. The SMILES string of the molecule is CC(C)(Cc1ccc(Nc2nc(Nc3ccccc3)nc(N3CCOCC3)n2)cc1S(=O)(=O)O)Cc1ccc(Nc2nc(Nc3ccccc3)nc(N3CCOCC3)n2)cc1S(=O)(=O)O. The van der Waals surface area contributed by atoms with Crippen LogP contribution in [0.25, 0.3) is 0 Å². The Morgan fingerprint density at radius 2 is 0.846 bits per heavy atom. The van der Waals surface area contributed by atoms with Crippen LogP contribution in [0.3, 0.4) is 0 Å². The number of aromatic nitrogens is 6. The van der Waals surface area contributed by atoms with E-state index < -0.39 is 25.7 Å². The highest BCUT2D eigenvalue weighted by Gasteiger charge is 2.28. The number of anilines is 10. The van der Waals surface area contributed by atoms with Crippen molar-refractivity contribution in [2.45, 2.75) is 36.5 Å². The van der Waals surface area contributed by atoms with E-state index in [1.54, 1.807) is 24.3 Å². The monoisotopic (exact) mass is 924 g/mol. The van der Waals surface area contributed by atoms with Crippen LogP contribution in [0.4, 0.5) is 58.4 Å². The van der Waals surface area contributed by atoms with E-state index in [0.717, 1.165) is 11.4 Å². The van der Waals surface area contributed by atoms with Crippen molar-refractivity contribution in [2.24, 2.45) is 5.41 Å². The highest BCUT2D eigenvalue weighted by Crippen LogP contribution is 2.35. The highest BCUT2D eigenvalue weighted by molar-refractivity contribution is 7.86. The van der Waals surface area contributed by atoms with Gasteiger partial charge in [-0.15, -0.1) is 0 Å². The number of hydrogen-bond donors (Lipinski definition) is 6. The standard InChI is InChI=1S/C43H48N12O8S2/c1-43(2,27-29-13-15-33(25-35(29)64(56,57)58)46-39-48-37(44-31-9-5-3-6-10-31)50-41(52-39)54-17-21-62-22-18-54)28-30-14-16-34(26-36(30)65(59,60)61)47-40-49-38(45-32-11-7-4-8-12-32)51-42(53-40)55-19-23-63-24-20-55/h3-16,25-26H,17-24,27-28H2,1-2H3,(H,56,57,58)(H,59,60,61)(H2,44,46,48,50,52)(H2,45,47,49,51,53). The van der Waals surface area contributed by atoms with E-state index in [9.17, 15) is 25.9 Å². The van der Waals surface area contributed by atoms with E-state index in [0.29, 0.717) is 64.5 Å². The van der Waals surface area contributed by atoms with Gasteiger partial charge in [0.1, 0.15) is 0 Å². The first kappa shape index (κ1) is 45.0. The summed E-state index contributed by atoms with van der Waals surface area (Å²) in [4.78, 5) is 30.7. The number of morpholine rings is 2. The Morgan fingerprint density at radius 1 is 0.508 bits per heavy atom. The minimum absolute atomic E-state index is 0.0811. The van der Waals surface area contributed by atoms with Gasteiger partial charge < -0.3 is 40.5 Å². The summed E-state index contributed by atoms with van der Waals surface area (Å²) >= 11 is 0. The number of ether oxygens (including phenoxy) is 2. The number of nitrogens with zero attached hydrogens (tertiary/aromatic N) is 8. The molecule has 22 heteroatoms. The Morgan fingerprint density at radius 3 is 1.18 bits per heavy atom. The summed E-state index contributed by atoms with van der Waals surface area (Å²) in [6.07, 6.45) is 0.162. The quantitative estimate of drug-likeness (QED) is 0.0607. The van der Waals surface area contributed by atoms with Crippen LogP contribution < -0.4 is 31.1 Å². The fourth-order valence-electron chi connectivity index (χ4n) is 7.45. The zero-order chi connectivity index (χ0) is 45.6. The lowest BCUT2D eigenvalue weighted by atomic mass is 9.80. The summed E-state index contributed by atoms with van der Waals surface area (Å²) in [6.45, 7) is 7.88. The van der Waals surface area contributed by atoms with Gasteiger partial charge in [-0.2, -0.15) is 46.7 Å². The van der Waals surface area contributed by atoms with E-state index in [2.05, 4.69) is 51.2 Å². The number of benzene rings is 4. The van der Waals surface area contributed by atoms with E-state index >= 15 is 0 Å². The third-order valence-electron chi connectivity index (χ3n) is 10.4. The molecule has 20 nitrogen and oxygen atoms in total. The second-order valence-electron chi connectivity index (χ2n) is 16.1. The van der Waals surface area contributed by atoms with Gasteiger partial charge in [0.2, 0.25) is 35.7 Å². The topological polar surface area (TPSA) is 259 Å². The molecule has 2 fully saturated rings. The molecule has 65 heavy (non-hydrogen) atoms. The second kappa shape index (κ2) is 19.3. The van der Waals surface area contributed by atoms with Crippen molar-refractivity contribution in [1.82, 2.24) is 29.9 Å². The molecule has 6 N–H and O–H groups in total. The van der Waals surface area contributed by atoms with Gasteiger partial charge in [-0.3, -0.25) is 9.11 Å². The predicted molar refractivity (Wildman–Crippen MR) is 245 cm³/mol. The first-order valence-corrected chi connectivity index (χ1v) is 23.6. The molecule has 0 aliphatic carbocycles. The van der Waals surface area contributed by atoms with Crippen molar-refractivity contribution in [3.8, 4) is 0 Å². The molecule has 0 radical (unpaired) electrons. The summed E-state index contributed by atoms with van der Waals surface area (Å²) in [7, 11) is -9.54. The lowest BCUT2D eigenvalue weighted by molar-refractivity contribution is 0.122. The van der Waals surface area contributed by atoms with Crippen molar-refractivity contribution in [1.29, 1.82) is 0 Å². The second-order valence-corrected chi connectivity index (χ2v) is 18.9. The fourth-order valence-corrected chi connectivity index (χ4v) is 8.95. The molecule has 2 aromatic heterocycles. The van der Waals surface area contributed by atoms with Gasteiger partial charge in [0, 0.05) is 48.9 Å². The molecule has 6 aromatic rings. The van der Waals surface area contributed by atoms with E-state index in [1.807, 2.05) is 84.3 Å². The predicted octanol–water partition coefficient (Wildman–Crippen LogP) is 6.01. The van der Waals surface area contributed by atoms with E-state index in [-0.39, 0.29) is 68.9 Å². The Labute approximate surface area is 376 Å². The summed E-state index contributed by atoms with van der Waals surface area (Å²) in [6, 6.07) is 27.7. The van der Waals surface area contributed by atoms with Crippen molar-refractivity contribution in [2.75, 3.05) is 83.7 Å². The molecule has 8 rings (SSSR count). The molecule has 2 aliphatic rings. The fraction of sp³-hybridized carbons (Fsp3) is 0.302. The van der Waals surface area contributed by atoms with Gasteiger partial charge in [0.05, 0.1) is 36.2 Å². The molecule has 4 heterocycles. The third-order valence-corrected chi connectivity index (χ3v) is 12.3. The summed E-state index contributed by atoms with van der Waals surface area (Å²) < 4.78 is 83.7. The van der Waals surface area contributed by atoms with Crippen LogP contribution in [-0.2, 0) is 42.6 Å². The van der Waals surface area contributed by atoms with Crippen LogP contribution in [0.1, 0.15) is 25.0 Å². The lowest BCUT2D eigenvalue weighted by Crippen LogP contribution is -2.37. The molecule has 0 unspecified atom stereocenters. The molecule has 0 spiro atoms. The maximum absolute atomic E-state index is 12.9. The molecule has 0 saturated carbocycles. The van der Waals surface area contributed by atoms with E-state index in [4.69, 9.17) is 9.47 Å². The Bertz CT molecular complexity index is 2660. The number of para-hydroxylation sites is 2. The number of nitrogens with one attached hydrogen (secondary N) is 4. The summed E-state index contributed by atoms with van der Waals surface area (Å²) in [5, 5.41) is 12.5. The summed E-state index contributed by atoms with van der Waals surface area (Å²) in [5.74, 6) is 1.54. The molecule has 340 valence electrons. The molecule has 2 aliphatic heterocycles. The Hall–Kier alpha value is -6.56. The van der Waals surface area contributed by atoms with Crippen molar-refractivity contribution >= 4 is 78.7 Å². The molecule has 0 atom stereocenters. The van der Waals surface area contributed by atoms with Gasteiger partial charge in [-0.25, -0.2) is 0 Å². The zero-order valence-corrected chi connectivity index (χ0v) is 37.2. The normalized spacial score (nSPS) is 14.8. The summed E-state index contributed by atoms with van der Waals surface area (Å²) in [5.41, 5.74) is 1.78. The van der Waals surface area contributed by atoms with Gasteiger partial charge in [-0.05, 0) is 77.9 Å². The smallest absolute Gasteiger partial charge is 0.294 e. The maximum Gasteiger partial charge on any atom is 0.294 e. The minimum Gasteiger partial charge on any atom is -0.378 e. The Balaban J connectivity index is 1.03. The molecule has 4 aromatic carbocycles. The largest absolute Gasteiger partial charge is 0.378 e. The van der Waals surface area contributed by atoms with Gasteiger partial charge in [0.25, 0.3) is 20.2 Å². The molecule has 0 amide bonds. The van der Waals surface area contributed by atoms with Crippen molar-refractivity contribution in [3.05, 3.63) is 108 Å². The average Bonchev–Trinajstić information content (AvgIpc) is 3.28. The van der Waals surface area contributed by atoms with Crippen LogP contribution in [0.2, 0.25) is 0 Å². The minimum atomic E-state index is -4.77. The van der Waals surface area contributed by atoms with Crippen molar-refractivity contribution in [3.63, 3.8) is 0 Å². The van der Waals surface area contributed by atoms with Gasteiger partial charge >= 0.3 is 0 Å². The van der Waals surface area contributed by atoms with Crippen LogP contribution in [0.15, 0.2) is 107 Å². The first-order valence-electron chi connectivity index (χ1n) is 20.7. The van der Waals surface area contributed by atoms with Crippen LogP contribution >= 0.6 is 0 Å². The average molecular weight is 925 g/mol. The van der Waals surface area contributed by atoms with Crippen LogP contribution in [0, 0.1) is 5.41 Å².